The van der Waals surface area contributed by atoms with Gasteiger partial charge in [-0.1, -0.05) is 11.6 Å². The first kappa shape index (κ1) is 22.6. The molecule has 1 heterocycles. The van der Waals surface area contributed by atoms with Crippen molar-refractivity contribution in [3.8, 4) is 17.2 Å². The van der Waals surface area contributed by atoms with Gasteiger partial charge >= 0.3 is 0 Å². The number of phenolic OH excluding ortho intramolecular Hbond substituents is 1. The highest BCUT2D eigenvalue weighted by atomic mass is 35.5. The Bertz CT molecular complexity index is 1180. The fraction of sp³-hybridized carbons (Fsp3) is 0.304. The number of ketones is 1. The normalized spacial score (nSPS) is 18.3. The number of nitro groups is 1. The van der Waals surface area contributed by atoms with Crippen molar-refractivity contribution in [1.82, 2.24) is 0 Å². The molecule has 1 unspecified atom stereocenters. The molecule has 0 saturated heterocycles. The molecule has 0 bridgehead atoms. The van der Waals surface area contributed by atoms with Crippen molar-refractivity contribution < 1.29 is 29.1 Å². The molecular weight excluding hydrogens is 452 g/mol. The molecule has 1 aliphatic carbocycles. The summed E-state index contributed by atoms with van der Waals surface area (Å²) in [6.45, 7) is 0. The minimum Gasteiger partial charge on any atom is -0.502 e. The maximum absolute atomic E-state index is 13.3. The summed E-state index contributed by atoms with van der Waals surface area (Å²) in [7, 11) is 2.80. The molecular formula is C23H21ClN2O7. The number of allylic oxidation sites excluding steroid dienone is 2. The number of methoxy groups -OCH3 is 2. The zero-order valence-corrected chi connectivity index (χ0v) is 18.7. The van der Waals surface area contributed by atoms with Crippen molar-refractivity contribution in [3.05, 3.63) is 62.3 Å². The molecule has 33 heavy (non-hydrogen) atoms. The minimum absolute atomic E-state index is 0.0386. The molecule has 1 N–H and O–H groups in total. The molecule has 0 radical (unpaired) electrons. The van der Waals surface area contributed by atoms with E-state index in [9.17, 15) is 24.8 Å². The summed E-state index contributed by atoms with van der Waals surface area (Å²) in [6.07, 6.45) is 1.32. The second-order valence-electron chi connectivity index (χ2n) is 7.79. The number of hydrogen-bond acceptors (Lipinski definition) is 7. The van der Waals surface area contributed by atoms with Gasteiger partial charge in [0.2, 0.25) is 11.7 Å². The maximum atomic E-state index is 13.3. The molecule has 2 aromatic carbocycles. The van der Waals surface area contributed by atoms with E-state index >= 15 is 0 Å². The molecule has 2 aromatic rings. The fourth-order valence-corrected chi connectivity index (χ4v) is 4.66. The molecule has 0 spiro atoms. The quantitative estimate of drug-likeness (QED) is 0.502. The Labute approximate surface area is 194 Å². The fourth-order valence-electron chi connectivity index (χ4n) is 4.47. The van der Waals surface area contributed by atoms with Crippen LogP contribution in [0.1, 0.15) is 37.2 Å². The van der Waals surface area contributed by atoms with E-state index in [1.807, 2.05) is 0 Å². The van der Waals surface area contributed by atoms with Crippen LogP contribution in [-0.4, -0.2) is 35.9 Å². The second kappa shape index (κ2) is 8.74. The number of nitro benzene ring substituents is 1. The first-order chi connectivity index (χ1) is 15.8. The number of anilines is 1. The second-order valence-corrected chi connectivity index (χ2v) is 8.20. The van der Waals surface area contributed by atoms with E-state index in [-0.39, 0.29) is 51.8 Å². The van der Waals surface area contributed by atoms with E-state index in [0.29, 0.717) is 36.1 Å². The average Bonchev–Trinajstić information content (AvgIpc) is 2.79. The van der Waals surface area contributed by atoms with Crippen LogP contribution in [0.25, 0.3) is 0 Å². The molecule has 1 atom stereocenters. The van der Waals surface area contributed by atoms with Gasteiger partial charge in [-0.15, -0.1) is 0 Å². The summed E-state index contributed by atoms with van der Waals surface area (Å²) in [5.41, 5.74) is 1.57. The van der Waals surface area contributed by atoms with E-state index in [0.717, 1.165) is 0 Å². The van der Waals surface area contributed by atoms with Crippen LogP contribution in [0.2, 0.25) is 5.02 Å². The topological polar surface area (TPSA) is 119 Å². The number of carbonyl (C=O) groups excluding carboxylic acids is 2. The molecule has 1 aliphatic heterocycles. The maximum Gasteiger partial charge on any atom is 0.289 e. The number of halogens is 1. The van der Waals surface area contributed by atoms with Crippen LogP contribution in [0.4, 0.5) is 11.4 Å². The number of hydrogen-bond donors (Lipinski definition) is 1. The monoisotopic (exact) mass is 472 g/mol. The number of phenols is 1. The molecule has 9 nitrogen and oxygen atoms in total. The van der Waals surface area contributed by atoms with Gasteiger partial charge in [-0.05, 0) is 42.7 Å². The summed E-state index contributed by atoms with van der Waals surface area (Å²) in [4.78, 5) is 38.6. The number of aromatic hydroxyl groups is 1. The zero-order chi connectivity index (χ0) is 23.9. The summed E-state index contributed by atoms with van der Waals surface area (Å²) in [6, 6.07) is 7.33. The Morgan fingerprint density at radius 1 is 1.12 bits per heavy atom. The Hall–Kier alpha value is -3.59. The zero-order valence-electron chi connectivity index (χ0n) is 18.0. The number of amides is 1. The lowest BCUT2D eigenvalue weighted by atomic mass is 9.77. The van der Waals surface area contributed by atoms with Crippen molar-refractivity contribution in [2.45, 2.75) is 31.6 Å². The standard InChI is InChI=1S/C23H21ClN2O7/c1-32-19-8-12(9-20(33-2)23(19)29)14-11-21(28)25(16-4-3-5-18(27)22(14)16)13-6-7-15(24)17(10-13)26(30)31/h6-10,14,29H,3-5,11H2,1-2H3. The van der Waals surface area contributed by atoms with E-state index < -0.39 is 10.8 Å². The average molecular weight is 473 g/mol. The van der Waals surface area contributed by atoms with Gasteiger partial charge < -0.3 is 14.6 Å². The van der Waals surface area contributed by atoms with E-state index in [2.05, 4.69) is 0 Å². The lowest BCUT2D eigenvalue weighted by Crippen LogP contribution is -2.40. The molecule has 4 rings (SSSR count). The van der Waals surface area contributed by atoms with Gasteiger partial charge in [0.15, 0.2) is 17.3 Å². The molecule has 10 heteroatoms. The summed E-state index contributed by atoms with van der Waals surface area (Å²) in [5.74, 6) is -0.812. The predicted octanol–water partition coefficient (Wildman–Crippen LogP) is 4.50. The minimum atomic E-state index is -0.612. The third kappa shape index (κ3) is 3.89. The number of ether oxygens (including phenoxy) is 2. The number of nitrogens with zero attached hydrogens (tertiary/aromatic N) is 2. The van der Waals surface area contributed by atoms with Crippen molar-refractivity contribution >= 4 is 34.7 Å². The highest BCUT2D eigenvalue weighted by Gasteiger charge is 2.40. The van der Waals surface area contributed by atoms with Gasteiger partial charge in [-0.25, -0.2) is 0 Å². The number of rotatable bonds is 5. The lowest BCUT2D eigenvalue weighted by Gasteiger charge is -2.38. The third-order valence-corrected chi connectivity index (χ3v) is 6.28. The SMILES string of the molecule is COc1cc(C2CC(=O)N(c3ccc(Cl)c([N+](=O)[O-])c3)C3=C2C(=O)CCC3)cc(OC)c1O. The van der Waals surface area contributed by atoms with Gasteiger partial charge in [0, 0.05) is 36.1 Å². The van der Waals surface area contributed by atoms with Gasteiger partial charge in [0.25, 0.3) is 5.69 Å². The first-order valence-electron chi connectivity index (χ1n) is 10.2. The Morgan fingerprint density at radius 2 is 1.79 bits per heavy atom. The van der Waals surface area contributed by atoms with Crippen LogP contribution in [-0.2, 0) is 9.59 Å². The van der Waals surface area contributed by atoms with Gasteiger partial charge in [-0.2, -0.15) is 0 Å². The lowest BCUT2D eigenvalue weighted by molar-refractivity contribution is -0.384. The van der Waals surface area contributed by atoms with E-state index in [1.54, 1.807) is 12.1 Å². The van der Waals surface area contributed by atoms with Crippen molar-refractivity contribution in [1.29, 1.82) is 0 Å². The number of Topliss-reactive ketones (excluding diaryl/α,β-unsaturated/α-hetero) is 1. The molecule has 0 saturated carbocycles. The molecule has 1 amide bonds. The van der Waals surface area contributed by atoms with Crippen LogP contribution in [0.15, 0.2) is 41.6 Å². The number of carbonyl (C=O) groups is 2. The van der Waals surface area contributed by atoms with Gasteiger partial charge in [0.05, 0.1) is 24.8 Å². The van der Waals surface area contributed by atoms with Crippen LogP contribution in [0.3, 0.4) is 0 Å². The number of benzene rings is 2. The largest absolute Gasteiger partial charge is 0.502 e. The highest BCUT2D eigenvalue weighted by Crippen LogP contribution is 2.47. The predicted molar refractivity (Wildman–Crippen MR) is 120 cm³/mol. The molecule has 172 valence electrons. The van der Waals surface area contributed by atoms with Crippen molar-refractivity contribution in [2.24, 2.45) is 0 Å². The van der Waals surface area contributed by atoms with Crippen molar-refractivity contribution in [2.75, 3.05) is 19.1 Å². The summed E-state index contributed by atoms with van der Waals surface area (Å²) >= 11 is 5.94. The van der Waals surface area contributed by atoms with E-state index in [4.69, 9.17) is 21.1 Å². The van der Waals surface area contributed by atoms with Crippen LogP contribution >= 0.6 is 11.6 Å². The van der Waals surface area contributed by atoms with Crippen LogP contribution in [0, 0.1) is 10.1 Å². The van der Waals surface area contributed by atoms with E-state index in [1.165, 1.54) is 37.3 Å². The van der Waals surface area contributed by atoms with Crippen LogP contribution < -0.4 is 14.4 Å². The van der Waals surface area contributed by atoms with Gasteiger partial charge in [-0.3, -0.25) is 24.6 Å². The Balaban J connectivity index is 1.88. The summed E-state index contributed by atoms with van der Waals surface area (Å²) in [5, 5.41) is 21.6. The third-order valence-electron chi connectivity index (χ3n) is 5.96. The highest BCUT2D eigenvalue weighted by molar-refractivity contribution is 6.32. The first-order valence-corrected chi connectivity index (χ1v) is 10.6. The summed E-state index contributed by atoms with van der Waals surface area (Å²) < 4.78 is 10.5. The molecule has 2 aliphatic rings. The Morgan fingerprint density at radius 3 is 2.39 bits per heavy atom. The smallest absolute Gasteiger partial charge is 0.289 e. The Kier molecular flexibility index (Phi) is 5.99. The molecule has 0 fully saturated rings. The van der Waals surface area contributed by atoms with Crippen molar-refractivity contribution in [3.63, 3.8) is 0 Å². The van der Waals surface area contributed by atoms with Crippen LogP contribution in [0.5, 0.6) is 17.2 Å². The van der Waals surface area contributed by atoms with Gasteiger partial charge in [0.1, 0.15) is 5.02 Å². The molecule has 0 aromatic heterocycles.